The summed E-state index contributed by atoms with van der Waals surface area (Å²) in [5.41, 5.74) is 9.47. The van der Waals surface area contributed by atoms with Crippen molar-refractivity contribution < 1.29 is 0 Å². The summed E-state index contributed by atoms with van der Waals surface area (Å²) in [5, 5.41) is 0. The Labute approximate surface area is 225 Å². The fourth-order valence-electron chi connectivity index (χ4n) is 6.23. The Balaban J connectivity index is 2.87. The molecule has 0 fully saturated rings. The van der Waals surface area contributed by atoms with Gasteiger partial charge in [0.2, 0.25) is 0 Å². The molecule has 0 saturated carbocycles. The van der Waals surface area contributed by atoms with Gasteiger partial charge in [-0.3, -0.25) is 0 Å². The average molecular weight is 491 g/mol. The minimum atomic E-state index is 0.172. The maximum atomic E-state index is 2.53. The van der Waals surface area contributed by atoms with Crippen molar-refractivity contribution in [2.75, 3.05) is 0 Å². The van der Waals surface area contributed by atoms with Gasteiger partial charge in [0.1, 0.15) is 0 Å². The summed E-state index contributed by atoms with van der Waals surface area (Å²) in [6.45, 7) is 28.7. The lowest BCUT2D eigenvalue weighted by Gasteiger charge is -2.32. The molecule has 0 aliphatic rings. The largest absolute Gasteiger partial charge is 0.0654 e. The average Bonchev–Trinajstić information content (AvgIpc) is 2.78. The third kappa shape index (κ3) is 7.26. The molecule has 0 atom stereocenters. The summed E-state index contributed by atoms with van der Waals surface area (Å²) >= 11 is 0. The monoisotopic (exact) mass is 490 g/mol. The van der Waals surface area contributed by atoms with Crippen molar-refractivity contribution >= 4 is 0 Å². The molecule has 2 aromatic rings. The summed E-state index contributed by atoms with van der Waals surface area (Å²) in [5.74, 6) is 0. The zero-order valence-electron chi connectivity index (χ0n) is 26.1. The molecule has 0 radical (unpaired) electrons. The van der Waals surface area contributed by atoms with Gasteiger partial charge < -0.3 is 0 Å². The van der Waals surface area contributed by atoms with Gasteiger partial charge in [-0.15, -0.1) is 0 Å². The lowest BCUT2D eigenvalue weighted by atomic mass is 9.72. The molecule has 0 saturated heterocycles. The van der Waals surface area contributed by atoms with Gasteiger partial charge in [0.05, 0.1) is 0 Å². The van der Waals surface area contributed by atoms with Crippen LogP contribution in [-0.4, -0.2) is 0 Å². The molecule has 36 heavy (non-hydrogen) atoms. The van der Waals surface area contributed by atoms with Crippen LogP contribution in [0.25, 0.3) is 11.1 Å². The van der Waals surface area contributed by atoms with Crippen LogP contribution in [0.2, 0.25) is 0 Å². The van der Waals surface area contributed by atoms with Gasteiger partial charge in [-0.2, -0.15) is 0 Å². The number of hydrogen-bond acceptors (Lipinski definition) is 0. The summed E-state index contributed by atoms with van der Waals surface area (Å²) in [7, 11) is 0. The van der Waals surface area contributed by atoms with Crippen molar-refractivity contribution in [3.63, 3.8) is 0 Å². The van der Waals surface area contributed by atoms with E-state index in [9.17, 15) is 0 Å². The van der Waals surface area contributed by atoms with Crippen molar-refractivity contribution in [3.8, 4) is 11.1 Å². The Hall–Kier alpha value is -1.56. The quantitative estimate of drug-likeness (QED) is 0.262. The number of hydrogen-bond donors (Lipinski definition) is 0. The van der Waals surface area contributed by atoms with Gasteiger partial charge in [0.25, 0.3) is 0 Å². The number of rotatable bonds is 13. The predicted molar refractivity (Wildman–Crippen MR) is 164 cm³/mol. The second-order valence-corrected chi connectivity index (χ2v) is 14.1. The molecule has 202 valence electrons. The highest BCUT2D eigenvalue weighted by Crippen LogP contribution is 2.41. The third-order valence-corrected chi connectivity index (χ3v) is 8.83. The zero-order chi connectivity index (χ0) is 27.4. The standard InChI is InChI=1S/C36H58/c1-13-17-33(5,6)29-21-27(22-30(25-29)34(7,8)18-14-2)28-23-31(35(9,10)19-15-3)26-32(24-28)36(11,12)20-16-4/h21-26H,13-20H2,1-12H3. The Morgan fingerprint density at radius 2 is 0.556 bits per heavy atom. The van der Waals surface area contributed by atoms with Crippen LogP contribution in [0.15, 0.2) is 36.4 Å². The molecular formula is C36H58. The van der Waals surface area contributed by atoms with E-state index in [4.69, 9.17) is 0 Å². The van der Waals surface area contributed by atoms with E-state index in [0.717, 1.165) is 0 Å². The minimum Gasteiger partial charge on any atom is -0.0654 e. The molecule has 0 aromatic heterocycles. The normalized spacial score (nSPS) is 13.3. The first-order chi connectivity index (χ1) is 16.6. The summed E-state index contributed by atoms with van der Waals surface area (Å²) in [6, 6.07) is 15.1. The van der Waals surface area contributed by atoms with Crippen LogP contribution in [-0.2, 0) is 21.7 Å². The second-order valence-electron chi connectivity index (χ2n) is 14.1. The number of benzene rings is 2. The lowest BCUT2D eigenvalue weighted by Crippen LogP contribution is -2.22. The first-order valence-electron chi connectivity index (χ1n) is 15.0. The molecule has 0 aliphatic heterocycles. The van der Waals surface area contributed by atoms with Crippen LogP contribution in [0.1, 0.15) is 157 Å². The summed E-state index contributed by atoms with van der Waals surface area (Å²) in [6.07, 6.45) is 9.68. The van der Waals surface area contributed by atoms with Crippen LogP contribution in [0.5, 0.6) is 0 Å². The van der Waals surface area contributed by atoms with Crippen molar-refractivity contribution in [1.82, 2.24) is 0 Å². The van der Waals surface area contributed by atoms with Gasteiger partial charge in [0, 0.05) is 0 Å². The third-order valence-electron chi connectivity index (χ3n) is 8.83. The molecule has 0 unspecified atom stereocenters. The van der Waals surface area contributed by atoms with Gasteiger partial charge in [-0.25, -0.2) is 0 Å². The molecule has 0 heterocycles. The molecule has 0 spiro atoms. The molecule has 0 nitrogen and oxygen atoms in total. The van der Waals surface area contributed by atoms with Crippen LogP contribution >= 0.6 is 0 Å². The maximum absolute atomic E-state index is 2.53. The smallest absolute Gasteiger partial charge is 0.0103 e. The summed E-state index contributed by atoms with van der Waals surface area (Å²) < 4.78 is 0. The first-order valence-corrected chi connectivity index (χ1v) is 15.0. The SMILES string of the molecule is CCCC(C)(C)c1cc(-c2cc(C(C)(C)CCC)cc(C(C)(C)CCC)c2)cc(C(C)(C)CCC)c1. The fraction of sp³-hybridized carbons (Fsp3) is 0.667. The van der Waals surface area contributed by atoms with E-state index < -0.39 is 0 Å². The second kappa shape index (κ2) is 11.9. The van der Waals surface area contributed by atoms with Gasteiger partial charge in [0.15, 0.2) is 0 Å². The van der Waals surface area contributed by atoms with Gasteiger partial charge >= 0.3 is 0 Å². The summed E-state index contributed by atoms with van der Waals surface area (Å²) in [4.78, 5) is 0. The Kier molecular flexibility index (Phi) is 10.1. The van der Waals surface area contributed by atoms with Crippen LogP contribution in [0.3, 0.4) is 0 Å². The molecule has 2 aromatic carbocycles. The Morgan fingerprint density at radius 3 is 0.722 bits per heavy atom. The van der Waals surface area contributed by atoms with E-state index in [1.165, 1.54) is 84.7 Å². The van der Waals surface area contributed by atoms with E-state index in [-0.39, 0.29) is 21.7 Å². The first kappa shape index (κ1) is 30.7. The van der Waals surface area contributed by atoms with Crippen molar-refractivity contribution in [3.05, 3.63) is 58.7 Å². The maximum Gasteiger partial charge on any atom is -0.0103 e. The van der Waals surface area contributed by atoms with E-state index in [1.54, 1.807) is 0 Å². The van der Waals surface area contributed by atoms with Crippen LogP contribution < -0.4 is 0 Å². The molecular weight excluding hydrogens is 432 g/mol. The van der Waals surface area contributed by atoms with E-state index in [1.807, 2.05) is 0 Å². The molecule has 0 bridgehead atoms. The minimum absolute atomic E-state index is 0.172. The van der Waals surface area contributed by atoms with Gasteiger partial charge in [-0.05, 0) is 80.7 Å². The van der Waals surface area contributed by atoms with Crippen LogP contribution in [0.4, 0.5) is 0 Å². The van der Waals surface area contributed by atoms with Gasteiger partial charge in [-0.1, -0.05) is 145 Å². The molecule has 0 heteroatoms. The molecule has 0 aliphatic carbocycles. The lowest BCUT2D eigenvalue weighted by molar-refractivity contribution is 0.456. The van der Waals surface area contributed by atoms with E-state index >= 15 is 0 Å². The highest BCUT2D eigenvalue weighted by molar-refractivity contribution is 5.69. The van der Waals surface area contributed by atoms with Crippen LogP contribution in [0, 0.1) is 0 Å². The highest BCUT2D eigenvalue weighted by Gasteiger charge is 2.28. The van der Waals surface area contributed by atoms with E-state index in [2.05, 4.69) is 119 Å². The molecule has 2 rings (SSSR count). The molecule has 0 N–H and O–H groups in total. The Bertz CT molecular complexity index is 829. The van der Waals surface area contributed by atoms with Crippen molar-refractivity contribution in [1.29, 1.82) is 0 Å². The van der Waals surface area contributed by atoms with E-state index in [0.29, 0.717) is 0 Å². The van der Waals surface area contributed by atoms with Crippen molar-refractivity contribution in [2.45, 2.75) is 156 Å². The fourth-order valence-corrected chi connectivity index (χ4v) is 6.23. The predicted octanol–water partition coefficient (Wildman–Crippen LogP) is 11.7. The highest BCUT2D eigenvalue weighted by atomic mass is 14.3. The zero-order valence-corrected chi connectivity index (χ0v) is 26.1. The Morgan fingerprint density at radius 1 is 0.361 bits per heavy atom. The topological polar surface area (TPSA) is 0 Å². The van der Waals surface area contributed by atoms with Crippen molar-refractivity contribution in [2.24, 2.45) is 0 Å². The molecule has 0 amide bonds.